The zero-order valence-electron chi connectivity index (χ0n) is 21.4. The van der Waals surface area contributed by atoms with E-state index >= 15 is 0 Å². The molecule has 0 spiro atoms. The van der Waals surface area contributed by atoms with Crippen molar-refractivity contribution in [2.45, 2.75) is 13.3 Å². The van der Waals surface area contributed by atoms with E-state index in [1.165, 1.54) is 18.2 Å². The van der Waals surface area contributed by atoms with E-state index in [4.69, 9.17) is 4.74 Å². The Morgan fingerprint density at radius 1 is 1.05 bits per heavy atom. The summed E-state index contributed by atoms with van der Waals surface area (Å²) in [5.74, 6) is 0.991. The van der Waals surface area contributed by atoms with E-state index in [-0.39, 0.29) is 5.75 Å². The smallest absolute Gasteiger partial charge is 0.492 e. The summed E-state index contributed by atoms with van der Waals surface area (Å²) >= 11 is 0. The topological polar surface area (TPSA) is 86.8 Å². The number of halogens is 3. The predicted octanol–water partition coefficient (Wildman–Crippen LogP) is 5.57. The zero-order chi connectivity index (χ0) is 27.2. The number of rotatable bonds is 8. The van der Waals surface area contributed by atoms with Gasteiger partial charge in [-0.1, -0.05) is 18.2 Å². The molecule has 0 unspecified atom stereocenters. The number of anilines is 1. The highest BCUT2D eigenvalue weighted by molar-refractivity contribution is 5.97. The van der Waals surface area contributed by atoms with Crippen molar-refractivity contribution in [1.29, 1.82) is 0 Å². The normalized spacial score (nSPS) is 14.9. The summed E-state index contributed by atoms with van der Waals surface area (Å²) < 4.78 is 47.6. The molecule has 0 bridgehead atoms. The molecule has 1 aliphatic rings. The van der Waals surface area contributed by atoms with E-state index in [1.54, 1.807) is 19.2 Å². The van der Waals surface area contributed by atoms with Crippen LogP contribution in [0, 0.1) is 0 Å². The summed E-state index contributed by atoms with van der Waals surface area (Å²) in [5.41, 5.74) is 3.99. The summed E-state index contributed by atoms with van der Waals surface area (Å²) in [5, 5.41) is 14.6. The minimum absolute atomic E-state index is 0.301. The fourth-order valence-corrected chi connectivity index (χ4v) is 4.49. The molecule has 5 rings (SSSR count). The molecule has 4 aromatic rings. The van der Waals surface area contributed by atoms with Crippen molar-refractivity contribution in [3.8, 4) is 22.6 Å². The highest BCUT2D eigenvalue weighted by Gasteiger charge is 2.31. The second-order valence-electron chi connectivity index (χ2n) is 9.19. The number of hydrogen-bond acceptors (Lipinski definition) is 6. The second-order valence-corrected chi connectivity index (χ2v) is 9.19. The van der Waals surface area contributed by atoms with E-state index in [0.717, 1.165) is 60.5 Å². The number of ether oxygens (including phenoxy) is 2. The molecule has 1 aromatic heterocycles. The Morgan fingerprint density at radius 2 is 1.85 bits per heavy atom. The largest absolute Gasteiger partial charge is 0.573 e. The van der Waals surface area contributed by atoms with Crippen LogP contribution in [-0.2, 0) is 0 Å². The molecule has 3 N–H and O–H groups in total. The predicted molar refractivity (Wildman–Crippen MR) is 146 cm³/mol. The average molecular weight is 539 g/mol. The Hall–Kier alpha value is -4.09. The van der Waals surface area contributed by atoms with Gasteiger partial charge >= 0.3 is 6.36 Å². The zero-order valence-corrected chi connectivity index (χ0v) is 21.4. The first-order chi connectivity index (χ1) is 18.8. The van der Waals surface area contributed by atoms with Gasteiger partial charge in [0.15, 0.2) is 0 Å². The van der Waals surface area contributed by atoms with Crippen molar-refractivity contribution in [3.63, 3.8) is 0 Å². The maximum absolute atomic E-state index is 12.5. The molecule has 1 fully saturated rings. The molecule has 11 heteroatoms. The summed E-state index contributed by atoms with van der Waals surface area (Å²) in [6, 6.07) is 17.3. The van der Waals surface area contributed by atoms with Crippen molar-refractivity contribution in [1.82, 2.24) is 20.4 Å². The number of nitrogens with one attached hydrogen (secondary N) is 3. The van der Waals surface area contributed by atoms with Gasteiger partial charge in [-0.05, 0) is 48.4 Å². The van der Waals surface area contributed by atoms with Gasteiger partial charge in [0.05, 0.1) is 17.4 Å². The standard InChI is InChI=1S/C28H29F3N6O2/c1-19(35-22-3-2-4-23(15-22)39-28(29,30)31)34-21-7-5-20(6-8-21)25-16-24(17-27-26(25)18-33-36-27)38-14-13-37-11-9-32-10-12-37/h2-8,15-18,32H,9-14H2,1H3,(H,33,36)(H,34,35). The fourth-order valence-electron chi connectivity index (χ4n) is 4.49. The number of aliphatic imine (C=N–C) groups is 1. The Kier molecular flexibility index (Phi) is 7.99. The molecule has 0 amide bonds. The second kappa shape index (κ2) is 11.7. The maximum atomic E-state index is 12.5. The van der Waals surface area contributed by atoms with Gasteiger partial charge in [-0.15, -0.1) is 13.2 Å². The lowest BCUT2D eigenvalue weighted by atomic mass is 10.0. The van der Waals surface area contributed by atoms with Gasteiger partial charge in [-0.2, -0.15) is 5.10 Å². The number of aromatic nitrogens is 2. The number of aromatic amines is 1. The van der Waals surface area contributed by atoms with Crippen LogP contribution >= 0.6 is 0 Å². The number of alkyl halides is 3. The molecule has 0 aliphatic carbocycles. The van der Waals surface area contributed by atoms with Gasteiger partial charge in [-0.3, -0.25) is 10.00 Å². The lowest BCUT2D eigenvalue weighted by Crippen LogP contribution is -2.44. The molecule has 0 atom stereocenters. The fraction of sp³-hybridized carbons (Fsp3) is 0.286. The first kappa shape index (κ1) is 26.5. The molecule has 39 heavy (non-hydrogen) atoms. The molecule has 3 aromatic carbocycles. The third-order valence-corrected chi connectivity index (χ3v) is 6.29. The lowest BCUT2D eigenvalue weighted by molar-refractivity contribution is -0.274. The number of nitrogens with zero attached hydrogens (tertiary/aromatic N) is 3. The Bertz CT molecular complexity index is 1430. The summed E-state index contributed by atoms with van der Waals surface area (Å²) in [6.07, 6.45) is -2.95. The van der Waals surface area contributed by atoms with Crippen molar-refractivity contribution >= 4 is 28.1 Å². The first-order valence-corrected chi connectivity index (χ1v) is 12.6. The molecule has 204 valence electrons. The van der Waals surface area contributed by atoms with Crippen LogP contribution in [0.5, 0.6) is 11.5 Å². The van der Waals surface area contributed by atoms with Gasteiger partial charge in [0.25, 0.3) is 0 Å². The van der Waals surface area contributed by atoms with Crippen molar-refractivity contribution < 1.29 is 22.6 Å². The van der Waals surface area contributed by atoms with E-state index in [0.29, 0.717) is 23.8 Å². The molecule has 2 heterocycles. The summed E-state index contributed by atoms with van der Waals surface area (Å²) in [4.78, 5) is 6.92. The van der Waals surface area contributed by atoms with Gasteiger partial charge in [0.2, 0.25) is 0 Å². The molecular weight excluding hydrogens is 509 g/mol. The van der Waals surface area contributed by atoms with Gasteiger partial charge in [-0.25, -0.2) is 4.99 Å². The van der Waals surface area contributed by atoms with Gasteiger partial charge < -0.3 is 20.1 Å². The molecular formula is C28H29F3N6O2. The Balaban J connectivity index is 1.27. The SMILES string of the molecule is CC(=Nc1ccc(-c2cc(OCCN3CCNCC3)cc3[nH]ncc23)cc1)Nc1cccc(OC(F)(F)F)c1. The van der Waals surface area contributed by atoms with Crippen LogP contribution in [0.15, 0.2) is 71.9 Å². The number of piperazine rings is 1. The van der Waals surface area contributed by atoms with E-state index in [1.807, 2.05) is 36.4 Å². The van der Waals surface area contributed by atoms with Crippen LogP contribution in [0.25, 0.3) is 22.0 Å². The number of H-pyrrole nitrogens is 1. The van der Waals surface area contributed by atoms with Gasteiger partial charge in [0.1, 0.15) is 23.9 Å². The minimum atomic E-state index is -4.75. The van der Waals surface area contributed by atoms with Crippen molar-refractivity contribution in [2.24, 2.45) is 4.99 Å². The highest BCUT2D eigenvalue weighted by Crippen LogP contribution is 2.33. The average Bonchev–Trinajstić information content (AvgIpc) is 3.37. The highest BCUT2D eigenvalue weighted by atomic mass is 19.4. The minimum Gasteiger partial charge on any atom is -0.492 e. The van der Waals surface area contributed by atoms with E-state index in [9.17, 15) is 13.2 Å². The quantitative estimate of drug-likeness (QED) is 0.201. The van der Waals surface area contributed by atoms with Crippen molar-refractivity contribution in [2.75, 3.05) is 44.6 Å². The number of benzene rings is 3. The van der Waals surface area contributed by atoms with Crippen LogP contribution in [-0.4, -0.2) is 66.6 Å². The van der Waals surface area contributed by atoms with Crippen molar-refractivity contribution in [3.05, 3.63) is 66.9 Å². The summed E-state index contributed by atoms with van der Waals surface area (Å²) in [7, 11) is 0. The maximum Gasteiger partial charge on any atom is 0.573 e. The summed E-state index contributed by atoms with van der Waals surface area (Å²) in [6.45, 7) is 7.27. The molecule has 1 saturated heterocycles. The molecule has 1 aliphatic heterocycles. The number of amidine groups is 1. The first-order valence-electron chi connectivity index (χ1n) is 12.6. The van der Waals surface area contributed by atoms with Crippen LogP contribution in [0.4, 0.5) is 24.5 Å². The number of hydrogen-bond donors (Lipinski definition) is 3. The van der Waals surface area contributed by atoms with E-state index in [2.05, 4.69) is 35.5 Å². The van der Waals surface area contributed by atoms with Crippen LogP contribution in [0.1, 0.15) is 6.92 Å². The Labute approximate surface area is 223 Å². The lowest BCUT2D eigenvalue weighted by Gasteiger charge is -2.26. The monoisotopic (exact) mass is 538 g/mol. The van der Waals surface area contributed by atoms with Gasteiger partial charge in [0, 0.05) is 55.9 Å². The number of fused-ring (bicyclic) bond motifs is 1. The Morgan fingerprint density at radius 3 is 2.62 bits per heavy atom. The van der Waals surface area contributed by atoms with Crippen LogP contribution in [0.2, 0.25) is 0 Å². The molecule has 0 radical (unpaired) electrons. The molecule has 8 nitrogen and oxygen atoms in total. The third kappa shape index (κ3) is 7.27. The molecule has 0 saturated carbocycles. The van der Waals surface area contributed by atoms with Crippen LogP contribution in [0.3, 0.4) is 0 Å². The van der Waals surface area contributed by atoms with E-state index < -0.39 is 6.36 Å². The van der Waals surface area contributed by atoms with Crippen LogP contribution < -0.4 is 20.1 Å². The third-order valence-electron chi connectivity index (χ3n) is 6.29.